The van der Waals surface area contributed by atoms with E-state index in [0.717, 1.165) is 5.56 Å². The Bertz CT molecular complexity index is 435. The Morgan fingerprint density at radius 2 is 1.95 bits per heavy atom. The third kappa shape index (κ3) is 5.12. The van der Waals surface area contributed by atoms with Crippen molar-refractivity contribution in [3.63, 3.8) is 0 Å². The number of halogens is 1. The van der Waals surface area contributed by atoms with Crippen LogP contribution in [0.3, 0.4) is 0 Å². The summed E-state index contributed by atoms with van der Waals surface area (Å²) in [5.74, 6) is 0.185. The van der Waals surface area contributed by atoms with Crippen molar-refractivity contribution in [1.29, 1.82) is 0 Å². The number of benzene rings is 1. The van der Waals surface area contributed by atoms with Gasteiger partial charge in [-0.25, -0.2) is 0 Å². The van der Waals surface area contributed by atoms with Gasteiger partial charge in [-0.05, 0) is 23.6 Å². The lowest BCUT2D eigenvalue weighted by molar-refractivity contribution is -0.143. The predicted octanol–water partition coefficient (Wildman–Crippen LogP) is 2.91. The molecule has 0 aliphatic carbocycles. The standard InChI is InChI=1S/C15H22ClNO3/c1-11(13-6-5-7-14(16)8-13)9-17(12(2)18)10-15(19-3)20-4/h5-8,11,15H,9-10H2,1-4H3. The van der Waals surface area contributed by atoms with Crippen molar-refractivity contribution in [2.75, 3.05) is 27.3 Å². The lowest BCUT2D eigenvalue weighted by atomic mass is 10.0. The number of hydrogen-bond acceptors (Lipinski definition) is 3. The Labute approximate surface area is 125 Å². The van der Waals surface area contributed by atoms with Crippen LogP contribution in [0.15, 0.2) is 24.3 Å². The summed E-state index contributed by atoms with van der Waals surface area (Å²) in [6.07, 6.45) is -0.412. The van der Waals surface area contributed by atoms with E-state index in [-0.39, 0.29) is 11.8 Å². The van der Waals surface area contributed by atoms with Gasteiger partial charge in [0.1, 0.15) is 0 Å². The van der Waals surface area contributed by atoms with Crippen molar-refractivity contribution < 1.29 is 14.3 Å². The van der Waals surface area contributed by atoms with E-state index in [4.69, 9.17) is 21.1 Å². The van der Waals surface area contributed by atoms with Gasteiger partial charge in [-0.1, -0.05) is 30.7 Å². The second kappa shape index (κ2) is 8.25. The van der Waals surface area contributed by atoms with E-state index in [2.05, 4.69) is 6.92 Å². The molecule has 0 radical (unpaired) electrons. The van der Waals surface area contributed by atoms with Gasteiger partial charge in [0.25, 0.3) is 0 Å². The Morgan fingerprint density at radius 3 is 2.45 bits per heavy atom. The topological polar surface area (TPSA) is 38.8 Å². The summed E-state index contributed by atoms with van der Waals surface area (Å²) >= 11 is 6.00. The van der Waals surface area contributed by atoms with Gasteiger partial charge in [0.05, 0.1) is 6.54 Å². The fourth-order valence-electron chi connectivity index (χ4n) is 2.01. The molecule has 1 aromatic carbocycles. The average Bonchev–Trinajstić information content (AvgIpc) is 2.42. The minimum atomic E-state index is -0.412. The molecule has 0 heterocycles. The molecular formula is C15H22ClNO3. The Balaban J connectivity index is 2.72. The highest BCUT2D eigenvalue weighted by Gasteiger charge is 2.18. The summed E-state index contributed by atoms with van der Waals surface area (Å²) in [7, 11) is 3.12. The van der Waals surface area contributed by atoms with Crippen LogP contribution in [0.1, 0.15) is 25.3 Å². The molecule has 0 N–H and O–H groups in total. The molecule has 0 aromatic heterocycles. The highest BCUT2D eigenvalue weighted by atomic mass is 35.5. The third-order valence-corrected chi connectivity index (χ3v) is 3.49. The molecule has 5 heteroatoms. The van der Waals surface area contributed by atoms with Crippen LogP contribution in [0, 0.1) is 0 Å². The maximum atomic E-state index is 11.7. The second-order valence-corrected chi connectivity index (χ2v) is 5.22. The number of amides is 1. The largest absolute Gasteiger partial charge is 0.354 e. The Hall–Kier alpha value is -1.10. The van der Waals surface area contributed by atoms with E-state index in [1.54, 1.807) is 26.0 Å². The number of carbonyl (C=O) groups is 1. The van der Waals surface area contributed by atoms with Crippen LogP contribution in [-0.4, -0.2) is 44.4 Å². The van der Waals surface area contributed by atoms with Crippen LogP contribution in [0.25, 0.3) is 0 Å². The summed E-state index contributed by atoms with van der Waals surface area (Å²) < 4.78 is 10.3. The van der Waals surface area contributed by atoms with Crippen LogP contribution in [-0.2, 0) is 14.3 Å². The number of rotatable bonds is 7. The minimum Gasteiger partial charge on any atom is -0.354 e. The molecule has 4 nitrogen and oxygen atoms in total. The van der Waals surface area contributed by atoms with E-state index in [0.29, 0.717) is 18.1 Å². The smallest absolute Gasteiger partial charge is 0.219 e. The van der Waals surface area contributed by atoms with E-state index < -0.39 is 6.29 Å². The SMILES string of the molecule is COC(CN(CC(C)c1cccc(Cl)c1)C(C)=O)OC. The number of nitrogens with zero attached hydrogens (tertiary/aromatic N) is 1. The van der Waals surface area contributed by atoms with E-state index >= 15 is 0 Å². The van der Waals surface area contributed by atoms with Gasteiger partial charge in [0, 0.05) is 32.7 Å². The second-order valence-electron chi connectivity index (χ2n) is 4.78. The van der Waals surface area contributed by atoms with Crippen LogP contribution in [0.5, 0.6) is 0 Å². The number of hydrogen-bond donors (Lipinski definition) is 0. The van der Waals surface area contributed by atoms with Crippen molar-refractivity contribution in [1.82, 2.24) is 4.90 Å². The Kier molecular flexibility index (Phi) is 6.99. The van der Waals surface area contributed by atoms with Crippen molar-refractivity contribution in [2.45, 2.75) is 26.1 Å². The maximum absolute atomic E-state index is 11.7. The van der Waals surface area contributed by atoms with Crippen molar-refractivity contribution in [2.24, 2.45) is 0 Å². The lowest BCUT2D eigenvalue weighted by Gasteiger charge is -2.28. The predicted molar refractivity (Wildman–Crippen MR) is 79.9 cm³/mol. The van der Waals surface area contributed by atoms with Gasteiger partial charge in [-0.3, -0.25) is 4.79 Å². The summed E-state index contributed by atoms with van der Waals surface area (Å²) in [5, 5.41) is 0.704. The zero-order valence-electron chi connectivity index (χ0n) is 12.4. The zero-order chi connectivity index (χ0) is 15.1. The molecule has 0 aliphatic rings. The van der Waals surface area contributed by atoms with E-state index in [1.165, 1.54) is 0 Å². The van der Waals surface area contributed by atoms with Gasteiger partial charge >= 0.3 is 0 Å². The van der Waals surface area contributed by atoms with Crippen LogP contribution < -0.4 is 0 Å². The van der Waals surface area contributed by atoms with Crippen molar-refractivity contribution in [3.8, 4) is 0 Å². The van der Waals surface area contributed by atoms with Crippen LogP contribution in [0.4, 0.5) is 0 Å². The Morgan fingerprint density at radius 1 is 1.30 bits per heavy atom. The molecule has 1 unspecified atom stereocenters. The van der Waals surface area contributed by atoms with Gasteiger partial charge in [0.2, 0.25) is 5.91 Å². The molecule has 0 saturated heterocycles. The first-order valence-electron chi connectivity index (χ1n) is 6.54. The lowest BCUT2D eigenvalue weighted by Crippen LogP contribution is -2.39. The molecule has 1 atom stereocenters. The van der Waals surface area contributed by atoms with Crippen LogP contribution in [0.2, 0.25) is 5.02 Å². The molecular weight excluding hydrogens is 278 g/mol. The van der Waals surface area contributed by atoms with Crippen molar-refractivity contribution in [3.05, 3.63) is 34.9 Å². The molecule has 0 saturated carbocycles. The first-order chi connectivity index (χ1) is 9.47. The highest BCUT2D eigenvalue weighted by Crippen LogP contribution is 2.20. The molecule has 112 valence electrons. The van der Waals surface area contributed by atoms with Gasteiger partial charge in [-0.15, -0.1) is 0 Å². The molecule has 0 aliphatic heterocycles. The summed E-state index contributed by atoms with van der Waals surface area (Å²) in [6.45, 7) is 4.62. The number of ether oxygens (including phenoxy) is 2. The molecule has 0 spiro atoms. The normalized spacial score (nSPS) is 12.5. The molecule has 1 amide bonds. The van der Waals surface area contributed by atoms with Gasteiger partial charge in [-0.2, -0.15) is 0 Å². The zero-order valence-corrected chi connectivity index (χ0v) is 13.2. The molecule has 1 aromatic rings. The third-order valence-electron chi connectivity index (χ3n) is 3.25. The van der Waals surface area contributed by atoms with Crippen molar-refractivity contribution >= 4 is 17.5 Å². The van der Waals surface area contributed by atoms with Crippen LogP contribution >= 0.6 is 11.6 Å². The quantitative estimate of drug-likeness (QED) is 0.727. The summed E-state index contributed by atoms with van der Waals surface area (Å²) in [4.78, 5) is 13.5. The molecule has 20 heavy (non-hydrogen) atoms. The fourth-order valence-corrected chi connectivity index (χ4v) is 2.20. The first kappa shape index (κ1) is 17.0. The fraction of sp³-hybridized carbons (Fsp3) is 0.533. The maximum Gasteiger partial charge on any atom is 0.219 e. The highest BCUT2D eigenvalue weighted by molar-refractivity contribution is 6.30. The number of methoxy groups -OCH3 is 2. The van der Waals surface area contributed by atoms with Gasteiger partial charge < -0.3 is 14.4 Å². The van der Waals surface area contributed by atoms with E-state index in [1.807, 2.05) is 24.3 Å². The molecule has 1 rings (SSSR count). The molecule has 0 bridgehead atoms. The molecule has 0 fully saturated rings. The first-order valence-corrected chi connectivity index (χ1v) is 6.92. The minimum absolute atomic E-state index is 0.00187. The number of carbonyl (C=O) groups excluding carboxylic acids is 1. The summed E-state index contributed by atoms with van der Waals surface area (Å²) in [5.41, 5.74) is 1.11. The van der Waals surface area contributed by atoms with E-state index in [9.17, 15) is 4.79 Å². The average molecular weight is 300 g/mol. The summed E-state index contributed by atoms with van der Waals surface area (Å²) in [6, 6.07) is 7.69. The van der Waals surface area contributed by atoms with Gasteiger partial charge in [0.15, 0.2) is 6.29 Å². The monoisotopic (exact) mass is 299 g/mol.